The van der Waals surface area contributed by atoms with Crippen LogP contribution < -0.4 is 10.6 Å². The average molecular weight is 233 g/mol. The molecule has 3 nitrogen and oxygen atoms in total. The molecule has 2 rings (SSSR count). The van der Waals surface area contributed by atoms with Gasteiger partial charge in [0.15, 0.2) is 0 Å². The van der Waals surface area contributed by atoms with E-state index in [-0.39, 0.29) is 0 Å². The molecule has 0 saturated carbocycles. The van der Waals surface area contributed by atoms with E-state index in [0.717, 1.165) is 36.2 Å². The Kier molecular flexibility index (Phi) is 3.02. The van der Waals surface area contributed by atoms with Gasteiger partial charge in [-0.2, -0.15) is 0 Å². The van der Waals surface area contributed by atoms with Gasteiger partial charge in [-0.1, -0.05) is 20.8 Å². The molecule has 1 aliphatic rings. The second-order valence-corrected chi connectivity index (χ2v) is 6.14. The predicted molar refractivity (Wildman–Crippen MR) is 73.2 cm³/mol. The zero-order chi connectivity index (χ0) is 12.6. The second kappa shape index (κ2) is 4.21. The molecule has 0 aliphatic carbocycles. The minimum atomic E-state index is 0.387. The Hall–Kier alpha value is -1.25. The lowest BCUT2D eigenvalue weighted by atomic mass is 9.80. The van der Waals surface area contributed by atoms with Gasteiger partial charge in [-0.05, 0) is 36.8 Å². The number of pyridine rings is 1. The van der Waals surface area contributed by atoms with Crippen LogP contribution in [-0.4, -0.2) is 18.1 Å². The van der Waals surface area contributed by atoms with Crippen LogP contribution in [0, 0.1) is 18.3 Å². The van der Waals surface area contributed by atoms with E-state index >= 15 is 0 Å². The SMILES string of the molecule is Cc1nc(N2CCC(C(C)(C)C)C2)ccc1N. The Labute approximate surface area is 104 Å². The van der Waals surface area contributed by atoms with Crippen LogP contribution in [0.2, 0.25) is 0 Å². The zero-order valence-corrected chi connectivity index (χ0v) is 11.3. The lowest BCUT2D eigenvalue weighted by molar-refractivity contribution is 0.263. The number of rotatable bonds is 1. The number of aromatic nitrogens is 1. The maximum absolute atomic E-state index is 5.80. The molecule has 2 heterocycles. The minimum Gasteiger partial charge on any atom is -0.397 e. The first kappa shape index (κ1) is 12.2. The molecular formula is C14H23N3. The molecule has 0 bridgehead atoms. The molecular weight excluding hydrogens is 210 g/mol. The standard InChI is InChI=1S/C14H23N3/c1-10-12(15)5-6-13(16-10)17-8-7-11(9-17)14(2,3)4/h5-6,11H,7-9,15H2,1-4H3. The molecule has 1 fully saturated rings. The first-order valence-electron chi connectivity index (χ1n) is 6.36. The molecule has 0 spiro atoms. The topological polar surface area (TPSA) is 42.2 Å². The van der Waals surface area contributed by atoms with Gasteiger partial charge < -0.3 is 10.6 Å². The molecule has 2 N–H and O–H groups in total. The third kappa shape index (κ3) is 2.54. The third-order valence-electron chi connectivity index (χ3n) is 3.85. The van der Waals surface area contributed by atoms with Crippen molar-refractivity contribution < 1.29 is 0 Å². The third-order valence-corrected chi connectivity index (χ3v) is 3.85. The highest BCUT2D eigenvalue weighted by atomic mass is 15.2. The molecule has 1 aromatic rings. The summed E-state index contributed by atoms with van der Waals surface area (Å²) in [5.41, 5.74) is 7.90. The molecule has 0 amide bonds. The van der Waals surface area contributed by atoms with Gasteiger partial charge in [0.25, 0.3) is 0 Å². The van der Waals surface area contributed by atoms with Gasteiger partial charge in [-0.25, -0.2) is 4.98 Å². The number of hydrogen-bond acceptors (Lipinski definition) is 3. The summed E-state index contributed by atoms with van der Waals surface area (Å²) in [5.74, 6) is 1.82. The molecule has 1 unspecified atom stereocenters. The Morgan fingerprint density at radius 1 is 1.35 bits per heavy atom. The largest absolute Gasteiger partial charge is 0.397 e. The summed E-state index contributed by atoms with van der Waals surface area (Å²) < 4.78 is 0. The number of aryl methyl sites for hydroxylation is 1. The lowest BCUT2D eigenvalue weighted by Gasteiger charge is -2.27. The second-order valence-electron chi connectivity index (χ2n) is 6.14. The predicted octanol–water partition coefficient (Wildman–Crippen LogP) is 2.84. The van der Waals surface area contributed by atoms with Crippen molar-refractivity contribution in [2.75, 3.05) is 23.7 Å². The number of nitrogens with two attached hydrogens (primary N) is 1. The summed E-state index contributed by atoms with van der Waals surface area (Å²) >= 11 is 0. The van der Waals surface area contributed by atoms with Crippen LogP contribution in [0.5, 0.6) is 0 Å². The Bertz CT molecular complexity index is 406. The van der Waals surface area contributed by atoms with E-state index in [1.807, 2.05) is 19.1 Å². The first-order valence-corrected chi connectivity index (χ1v) is 6.36. The van der Waals surface area contributed by atoms with Gasteiger partial charge in [0, 0.05) is 13.1 Å². The molecule has 0 aromatic carbocycles. The lowest BCUT2D eigenvalue weighted by Crippen LogP contribution is -2.26. The van der Waals surface area contributed by atoms with Crippen molar-refractivity contribution >= 4 is 11.5 Å². The minimum absolute atomic E-state index is 0.387. The molecule has 94 valence electrons. The van der Waals surface area contributed by atoms with Crippen LogP contribution in [0.15, 0.2) is 12.1 Å². The van der Waals surface area contributed by atoms with Crippen molar-refractivity contribution in [1.29, 1.82) is 0 Å². The molecule has 17 heavy (non-hydrogen) atoms. The Balaban J connectivity index is 2.13. The van der Waals surface area contributed by atoms with Gasteiger partial charge in [0.2, 0.25) is 0 Å². The highest BCUT2D eigenvalue weighted by molar-refractivity contribution is 5.50. The van der Waals surface area contributed by atoms with Crippen molar-refractivity contribution in [1.82, 2.24) is 4.98 Å². The Morgan fingerprint density at radius 2 is 2.06 bits per heavy atom. The van der Waals surface area contributed by atoms with Crippen molar-refractivity contribution in [3.05, 3.63) is 17.8 Å². The summed E-state index contributed by atoms with van der Waals surface area (Å²) in [6.45, 7) is 11.2. The smallest absolute Gasteiger partial charge is 0.128 e. The van der Waals surface area contributed by atoms with Crippen LogP contribution >= 0.6 is 0 Å². The average Bonchev–Trinajstić information content (AvgIpc) is 2.70. The van der Waals surface area contributed by atoms with E-state index in [1.54, 1.807) is 0 Å². The van der Waals surface area contributed by atoms with Gasteiger partial charge in [0.05, 0.1) is 11.4 Å². The van der Waals surface area contributed by atoms with Gasteiger partial charge >= 0.3 is 0 Å². The van der Waals surface area contributed by atoms with Crippen LogP contribution in [0.4, 0.5) is 11.5 Å². The van der Waals surface area contributed by atoms with Crippen LogP contribution in [0.25, 0.3) is 0 Å². The molecule has 1 saturated heterocycles. The fourth-order valence-electron chi connectivity index (χ4n) is 2.41. The van der Waals surface area contributed by atoms with E-state index < -0.39 is 0 Å². The van der Waals surface area contributed by atoms with E-state index in [2.05, 4.69) is 30.7 Å². The maximum Gasteiger partial charge on any atom is 0.128 e. The Morgan fingerprint density at radius 3 is 2.59 bits per heavy atom. The zero-order valence-electron chi connectivity index (χ0n) is 11.3. The fourth-order valence-corrected chi connectivity index (χ4v) is 2.41. The highest BCUT2D eigenvalue weighted by Gasteiger charge is 2.32. The molecule has 0 radical (unpaired) electrons. The molecule has 1 atom stereocenters. The number of anilines is 2. The van der Waals surface area contributed by atoms with Crippen molar-refractivity contribution in [3.8, 4) is 0 Å². The van der Waals surface area contributed by atoms with Crippen molar-refractivity contribution in [2.45, 2.75) is 34.1 Å². The van der Waals surface area contributed by atoms with E-state index in [1.165, 1.54) is 6.42 Å². The van der Waals surface area contributed by atoms with Crippen molar-refractivity contribution in [3.63, 3.8) is 0 Å². The van der Waals surface area contributed by atoms with Crippen LogP contribution in [0.1, 0.15) is 32.9 Å². The van der Waals surface area contributed by atoms with Crippen LogP contribution in [-0.2, 0) is 0 Å². The fraction of sp³-hybridized carbons (Fsp3) is 0.643. The van der Waals surface area contributed by atoms with Gasteiger partial charge in [0.1, 0.15) is 5.82 Å². The number of nitrogen functional groups attached to an aromatic ring is 1. The number of nitrogens with zero attached hydrogens (tertiary/aromatic N) is 2. The quantitative estimate of drug-likeness (QED) is 0.811. The van der Waals surface area contributed by atoms with Crippen molar-refractivity contribution in [2.24, 2.45) is 11.3 Å². The molecule has 1 aromatic heterocycles. The van der Waals surface area contributed by atoms with Gasteiger partial charge in [-0.3, -0.25) is 0 Å². The van der Waals surface area contributed by atoms with Gasteiger partial charge in [-0.15, -0.1) is 0 Å². The first-order chi connectivity index (χ1) is 7.88. The van der Waals surface area contributed by atoms with E-state index in [4.69, 9.17) is 5.73 Å². The number of hydrogen-bond donors (Lipinski definition) is 1. The van der Waals surface area contributed by atoms with Crippen LogP contribution in [0.3, 0.4) is 0 Å². The normalized spacial score (nSPS) is 20.9. The van der Waals surface area contributed by atoms with E-state index in [9.17, 15) is 0 Å². The monoisotopic (exact) mass is 233 g/mol. The summed E-state index contributed by atoms with van der Waals surface area (Å²) in [5, 5.41) is 0. The molecule has 1 aliphatic heterocycles. The van der Waals surface area contributed by atoms with E-state index in [0.29, 0.717) is 5.41 Å². The highest BCUT2D eigenvalue weighted by Crippen LogP contribution is 2.35. The maximum atomic E-state index is 5.80. The summed E-state index contributed by atoms with van der Waals surface area (Å²) in [6, 6.07) is 4.00. The summed E-state index contributed by atoms with van der Waals surface area (Å²) in [7, 11) is 0. The summed E-state index contributed by atoms with van der Waals surface area (Å²) in [6.07, 6.45) is 1.26. The summed E-state index contributed by atoms with van der Waals surface area (Å²) in [4.78, 5) is 6.95. The molecule has 3 heteroatoms.